The van der Waals surface area contributed by atoms with Crippen LogP contribution in [0.1, 0.15) is 19.8 Å². The van der Waals surface area contributed by atoms with Crippen LogP contribution in [0.15, 0.2) is 23.1 Å². The summed E-state index contributed by atoms with van der Waals surface area (Å²) in [6.07, 6.45) is 0.983. The summed E-state index contributed by atoms with van der Waals surface area (Å²) in [6, 6.07) is 4.21. The zero-order chi connectivity index (χ0) is 17.6. The summed E-state index contributed by atoms with van der Waals surface area (Å²) in [5.74, 6) is 0.334. The lowest BCUT2D eigenvalue weighted by molar-refractivity contribution is 0.114. The van der Waals surface area contributed by atoms with E-state index in [0.717, 1.165) is 12.8 Å². The topological polar surface area (TPSA) is 103 Å². The van der Waals surface area contributed by atoms with Crippen LogP contribution in [0.2, 0.25) is 0 Å². The van der Waals surface area contributed by atoms with Crippen LogP contribution in [-0.4, -0.2) is 47.5 Å². The predicted octanol–water partition coefficient (Wildman–Crippen LogP) is 1.72. The van der Waals surface area contributed by atoms with Gasteiger partial charge in [0.25, 0.3) is 0 Å². The molecule has 1 heterocycles. The van der Waals surface area contributed by atoms with Crippen LogP contribution in [0, 0.1) is 0 Å². The zero-order valence-electron chi connectivity index (χ0n) is 13.7. The van der Waals surface area contributed by atoms with Gasteiger partial charge in [-0.25, -0.2) is 17.9 Å². The highest BCUT2D eigenvalue weighted by Gasteiger charge is 2.21. The summed E-state index contributed by atoms with van der Waals surface area (Å²) >= 11 is 0. The van der Waals surface area contributed by atoms with E-state index in [1.165, 1.54) is 25.3 Å². The molecule has 9 heteroatoms. The van der Waals surface area contributed by atoms with Crippen molar-refractivity contribution in [2.75, 3.05) is 32.2 Å². The third-order valence-electron chi connectivity index (χ3n) is 3.52. The van der Waals surface area contributed by atoms with Crippen molar-refractivity contribution in [1.82, 2.24) is 4.72 Å². The Morgan fingerprint density at radius 3 is 2.83 bits per heavy atom. The second-order valence-corrected chi connectivity index (χ2v) is 6.96. The molecule has 1 aliphatic heterocycles. The minimum Gasteiger partial charge on any atom is -0.495 e. The van der Waals surface area contributed by atoms with Gasteiger partial charge in [0.1, 0.15) is 5.75 Å². The number of amides is 1. The van der Waals surface area contributed by atoms with Crippen LogP contribution in [-0.2, 0) is 19.5 Å². The molecule has 1 aromatic carbocycles. The van der Waals surface area contributed by atoms with Gasteiger partial charge >= 0.3 is 6.09 Å². The highest BCUT2D eigenvalue weighted by molar-refractivity contribution is 7.89. The maximum atomic E-state index is 12.4. The van der Waals surface area contributed by atoms with E-state index < -0.39 is 16.1 Å². The number of anilines is 1. The van der Waals surface area contributed by atoms with Crippen LogP contribution < -0.4 is 14.8 Å². The van der Waals surface area contributed by atoms with Gasteiger partial charge in [0.15, 0.2) is 0 Å². The smallest absolute Gasteiger partial charge is 0.411 e. The summed E-state index contributed by atoms with van der Waals surface area (Å²) in [5.41, 5.74) is 0.218. The molecular formula is C15H22N2O6S. The van der Waals surface area contributed by atoms with Crippen molar-refractivity contribution in [3.05, 3.63) is 18.2 Å². The highest BCUT2D eigenvalue weighted by atomic mass is 32.2. The number of methoxy groups -OCH3 is 1. The SMILES string of the molecule is CCOC(=O)Nc1cc(S(=O)(=O)NC[C@@H]2CCCO2)ccc1OC. The molecule has 0 unspecified atom stereocenters. The summed E-state index contributed by atoms with van der Waals surface area (Å²) in [4.78, 5) is 11.6. The molecule has 24 heavy (non-hydrogen) atoms. The van der Waals surface area contributed by atoms with Crippen molar-refractivity contribution in [3.8, 4) is 5.75 Å². The second-order valence-electron chi connectivity index (χ2n) is 5.19. The second kappa shape index (κ2) is 8.32. The Kier molecular flexibility index (Phi) is 6.41. The van der Waals surface area contributed by atoms with E-state index in [4.69, 9.17) is 14.2 Å². The first-order valence-electron chi connectivity index (χ1n) is 7.69. The molecule has 1 amide bonds. The predicted molar refractivity (Wildman–Crippen MR) is 87.8 cm³/mol. The fourth-order valence-electron chi connectivity index (χ4n) is 2.32. The molecule has 2 rings (SSSR count). The molecule has 8 nitrogen and oxygen atoms in total. The average Bonchev–Trinajstić information content (AvgIpc) is 3.06. The Morgan fingerprint density at radius 2 is 2.21 bits per heavy atom. The molecular weight excluding hydrogens is 336 g/mol. The Balaban J connectivity index is 2.14. The van der Waals surface area contributed by atoms with Gasteiger partial charge in [-0.15, -0.1) is 0 Å². The lowest BCUT2D eigenvalue weighted by Gasteiger charge is -2.14. The van der Waals surface area contributed by atoms with E-state index in [9.17, 15) is 13.2 Å². The van der Waals surface area contributed by atoms with Crippen LogP contribution in [0.4, 0.5) is 10.5 Å². The van der Waals surface area contributed by atoms with Gasteiger partial charge in [0.05, 0.1) is 30.4 Å². The van der Waals surface area contributed by atoms with E-state index in [-0.39, 0.29) is 29.8 Å². The highest BCUT2D eigenvalue weighted by Crippen LogP contribution is 2.27. The molecule has 0 aromatic heterocycles. The molecule has 0 radical (unpaired) electrons. The van der Waals surface area contributed by atoms with Crippen molar-refractivity contribution in [2.24, 2.45) is 0 Å². The fourth-order valence-corrected chi connectivity index (χ4v) is 3.41. The summed E-state index contributed by atoms with van der Waals surface area (Å²) < 4.78 is 42.7. The Morgan fingerprint density at radius 1 is 1.42 bits per heavy atom. The minimum absolute atomic E-state index is 0.0214. The molecule has 0 aliphatic carbocycles. The number of nitrogens with one attached hydrogen (secondary N) is 2. The number of rotatable bonds is 7. The van der Waals surface area contributed by atoms with Gasteiger partial charge in [-0.2, -0.15) is 0 Å². The van der Waals surface area contributed by atoms with Gasteiger partial charge in [-0.05, 0) is 38.0 Å². The fraction of sp³-hybridized carbons (Fsp3) is 0.533. The molecule has 0 spiro atoms. The molecule has 1 aromatic rings. The Labute approximate surface area is 141 Å². The van der Waals surface area contributed by atoms with Gasteiger partial charge < -0.3 is 14.2 Å². The largest absolute Gasteiger partial charge is 0.495 e. The molecule has 2 N–H and O–H groups in total. The number of hydrogen-bond acceptors (Lipinski definition) is 6. The summed E-state index contributed by atoms with van der Waals surface area (Å²) in [5, 5.41) is 2.47. The summed E-state index contributed by atoms with van der Waals surface area (Å²) in [7, 11) is -2.29. The average molecular weight is 358 g/mol. The van der Waals surface area contributed by atoms with Gasteiger partial charge in [0, 0.05) is 13.2 Å². The lowest BCUT2D eigenvalue weighted by atomic mass is 10.2. The zero-order valence-corrected chi connectivity index (χ0v) is 14.5. The normalized spacial score (nSPS) is 17.5. The molecule has 1 atom stereocenters. The van der Waals surface area contributed by atoms with Crippen molar-refractivity contribution >= 4 is 21.8 Å². The van der Waals surface area contributed by atoms with Crippen LogP contribution in [0.25, 0.3) is 0 Å². The first-order chi connectivity index (χ1) is 11.5. The standard InChI is InChI=1S/C15H22N2O6S/c1-3-22-15(18)17-13-9-12(6-7-14(13)21-2)24(19,20)16-10-11-5-4-8-23-11/h6-7,9,11,16H,3-5,8,10H2,1-2H3,(H,17,18)/t11-/m0/s1. The molecule has 1 fully saturated rings. The van der Waals surface area contributed by atoms with Crippen LogP contribution >= 0.6 is 0 Å². The number of hydrogen-bond donors (Lipinski definition) is 2. The van der Waals surface area contributed by atoms with E-state index in [1.807, 2.05) is 0 Å². The van der Waals surface area contributed by atoms with Crippen molar-refractivity contribution in [1.29, 1.82) is 0 Å². The van der Waals surface area contributed by atoms with Crippen LogP contribution in [0.5, 0.6) is 5.75 Å². The molecule has 0 saturated carbocycles. The third-order valence-corrected chi connectivity index (χ3v) is 4.94. The van der Waals surface area contributed by atoms with Gasteiger partial charge in [-0.1, -0.05) is 0 Å². The van der Waals surface area contributed by atoms with Crippen LogP contribution in [0.3, 0.4) is 0 Å². The number of benzene rings is 1. The van der Waals surface area contributed by atoms with Gasteiger partial charge in [-0.3, -0.25) is 5.32 Å². The maximum absolute atomic E-state index is 12.4. The molecule has 0 bridgehead atoms. The van der Waals surface area contributed by atoms with E-state index in [0.29, 0.717) is 12.4 Å². The molecule has 1 aliphatic rings. The number of carbonyl (C=O) groups is 1. The minimum atomic E-state index is -3.72. The van der Waals surface area contributed by atoms with E-state index in [1.54, 1.807) is 6.92 Å². The third kappa shape index (κ3) is 4.83. The van der Waals surface area contributed by atoms with Crippen molar-refractivity contribution < 1.29 is 27.4 Å². The molecule has 134 valence electrons. The van der Waals surface area contributed by atoms with Gasteiger partial charge in [0.2, 0.25) is 10.0 Å². The van der Waals surface area contributed by atoms with Crippen molar-refractivity contribution in [2.45, 2.75) is 30.8 Å². The first kappa shape index (κ1) is 18.5. The maximum Gasteiger partial charge on any atom is 0.411 e. The Hall–Kier alpha value is -1.84. The van der Waals surface area contributed by atoms with E-state index >= 15 is 0 Å². The van der Waals surface area contributed by atoms with Crippen molar-refractivity contribution in [3.63, 3.8) is 0 Å². The lowest BCUT2D eigenvalue weighted by Crippen LogP contribution is -2.31. The quantitative estimate of drug-likeness (QED) is 0.769. The summed E-state index contributed by atoms with van der Waals surface area (Å²) in [6.45, 7) is 2.75. The number of sulfonamides is 1. The monoisotopic (exact) mass is 358 g/mol. The number of ether oxygens (including phenoxy) is 3. The first-order valence-corrected chi connectivity index (χ1v) is 9.17. The Bertz CT molecular complexity index is 671. The number of carbonyl (C=O) groups excluding carboxylic acids is 1. The van der Waals surface area contributed by atoms with E-state index in [2.05, 4.69) is 10.0 Å². The molecule has 1 saturated heterocycles.